The summed E-state index contributed by atoms with van der Waals surface area (Å²) in [5.41, 5.74) is 3.50. The van der Waals surface area contributed by atoms with Gasteiger partial charge in [0, 0.05) is 17.1 Å². The summed E-state index contributed by atoms with van der Waals surface area (Å²) in [6.45, 7) is 0. The van der Waals surface area contributed by atoms with Crippen molar-refractivity contribution in [3.05, 3.63) is 49.1 Å². The first kappa shape index (κ1) is 12.5. The molecule has 0 aliphatic rings. The van der Waals surface area contributed by atoms with Crippen LogP contribution >= 0.6 is 0 Å². The van der Waals surface area contributed by atoms with E-state index in [1.807, 2.05) is 30.5 Å². The molecule has 0 radical (unpaired) electrons. The molecule has 0 saturated carbocycles. The van der Waals surface area contributed by atoms with Crippen molar-refractivity contribution in [2.24, 2.45) is 0 Å². The maximum absolute atomic E-state index is 5.18. The van der Waals surface area contributed by atoms with Gasteiger partial charge in [0.05, 0.1) is 36.9 Å². The molecular weight excluding hydrogens is 280 g/mol. The zero-order chi connectivity index (χ0) is 14.9. The molecule has 4 aromatic rings. The van der Waals surface area contributed by atoms with Crippen LogP contribution in [0.1, 0.15) is 0 Å². The summed E-state index contributed by atoms with van der Waals surface area (Å²) in [5.74, 6) is 0.687. The fraction of sp³-hybridized carbons (Fsp3) is 0.0667. The van der Waals surface area contributed by atoms with Gasteiger partial charge in [-0.2, -0.15) is 5.10 Å². The van der Waals surface area contributed by atoms with Crippen molar-refractivity contribution in [1.29, 1.82) is 0 Å². The number of pyridine rings is 1. The number of H-pyrrole nitrogens is 1. The number of nitrogens with zero attached hydrogens (tertiary/aromatic N) is 5. The van der Waals surface area contributed by atoms with Crippen LogP contribution in [-0.2, 0) is 0 Å². The molecular formula is C15H12N6O. The van der Waals surface area contributed by atoms with Crippen molar-refractivity contribution in [1.82, 2.24) is 30.2 Å². The van der Waals surface area contributed by atoms with E-state index in [1.165, 1.54) is 0 Å². The molecule has 0 spiro atoms. The van der Waals surface area contributed by atoms with Gasteiger partial charge < -0.3 is 4.74 Å². The molecule has 4 rings (SSSR count). The van der Waals surface area contributed by atoms with Crippen LogP contribution in [0, 0.1) is 0 Å². The Kier molecular flexibility index (Phi) is 2.82. The third-order valence-corrected chi connectivity index (χ3v) is 3.43. The lowest BCUT2D eigenvalue weighted by molar-refractivity contribution is 0.413. The predicted octanol–water partition coefficient (Wildman–Crippen LogP) is 2.21. The Balaban J connectivity index is 1.73. The van der Waals surface area contributed by atoms with Crippen LogP contribution in [0.2, 0.25) is 0 Å². The summed E-state index contributed by atoms with van der Waals surface area (Å²) in [6.07, 6.45) is 7.03. The number of hydrogen-bond acceptors (Lipinski definition) is 5. The number of aromatic nitrogens is 6. The monoisotopic (exact) mass is 292 g/mol. The summed E-state index contributed by atoms with van der Waals surface area (Å²) in [5, 5.41) is 16.3. The van der Waals surface area contributed by atoms with E-state index in [9.17, 15) is 0 Å². The van der Waals surface area contributed by atoms with Crippen LogP contribution < -0.4 is 4.74 Å². The first-order valence-electron chi connectivity index (χ1n) is 6.69. The highest BCUT2D eigenvalue weighted by atomic mass is 16.5. The SMILES string of the molecule is COc1cncc(-c2cn(-c3ccc4[nH]ncc4c3)nn2)c1. The van der Waals surface area contributed by atoms with Crippen molar-refractivity contribution < 1.29 is 4.74 Å². The summed E-state index contributed by atoms with van der Waals surface area (Å²) >= 11 is 0. The Morgan fingerprint density at radius 1 is 1.14 bits per heavy atom. The molecule has 0 atom stereocenters. The van der Waals surface area contributed by atoms with E-state index < -0.39 is 0 Å². The van der Waals surface area contributed by atoms with Gasteiger partial charge in [-0.1, -0.05) is 5.21 Å². The lowest BCUT2D eigenvalue weighted by Crippen LogP contribution is -1.94. The van der Waals surface area contributed by atoms with E-state index in [4.69, 9.17) is 4.74 Å². The minimum atomic E-state index is 0.687. The van der Waals surface area contributed by atoms with E-state index in [0.717, 1.165) is 27.8 Å². The molecule has 0 saturated heterocycles. The number of rotatable bonds is 3. The number of nitrogens with one attached hydrogen (secondary N) is 1. The topological polar surface area (TPSA) is 81.5 Å². The summed E-state index contributed by atoms with van der Waals surface area (Å²) in [4.78, 5) is 4.13. The smallest absolute Gasteiger partial charge is 0.137 e. The fourth-order valence-corrected chi connectivity index (χ4v) is 2.27. The molecule has 0 aliphatic heterocycles. The number of hydrogen-bond donors (Lipinski definition) is 1. The van der Waals surface area contributed by atoms with E-state index in [1.54, 1.807) is 30.4 Å². The van der Waals surface area contributed by atoms with Crippen LogP contribution in [0.15, 0.2) is 49.1 Å². The summed E-state index contributed by atoms with van der Waals surface area (Å²) in [7, 11) is 1.61. The predicted molar refractivity (Wildman–Crippen MR) is 80.8 cm³/mol. The minimum Gasteiger partial charge on any atom is -0.495 e. The van der Waals surface area contributed by atoms with Gasteiger partial charge in [-0.3, -0.25) is 10.1 Å². The van der Waals surface area contributed by atoms with Crippen LogP contribution in [0.4, 0.5) is 0 Å². The van der Waals surface area contributed by atoms with Crippen LogP contribution in [-0.4, -0.2) is 37.3 Å². The molecule has 0 unspecified atom stereocenters. The van der Waals surface area contributed by atoms with E-state index in [2.05, 4.69) is 25.5 Å². The Bertz CT molecular complexity index is 942. The first-order valence-corrected chi connectivity index (χ1v) is 6.69. The largest absolute Gasteiger partial charge is 0.495 e. The molecule has 3 heterocycles. The highest BCUT2D eigenvalue weighted by Gasteiger charge is 2.08. The Labute approximate surface area is 125 Å². The number of fused-ring (bicyclic) bond motifs is 1. The van der Waals surface area contributed by atoms with Gasteiger partial charge in [-0.15, -0.1) is 5.10 Å². The van der Waals surface area contributed by atoms with Crippen molar-refractivity contribution in [3.63, 3.8) is 0 Å². The van der Waals surface area contributed by atoms with Gasteiger partial charge >= 0.3 is 0 Å². The molecule has 0 amide bonds. The zero-order valence-electron chi connectivity index (χ0n) is 11.8. The van der Waals surface area contributed by atoms with Crippen molar-refractivity contribution in [2.45, 2.75) is 0 Å². The highest BCUT2D eigenvalue weighted by molar-refractivity contribution is 5.80. The average Bonchev–Trinajstić information content (AvgIpc) is 3.23. The van der Waals surface area contributed by atoms with Gasteiger partial charge in [0.15, 0.2) is 0 Å². The van der Waals surface area contributed by atoms with Gasteiger partial charge in [0.25, 0.3) is 0 Å². The van der Waals surface area contributed by atoms with Gasteiger partial charge in [0.1, 0.15) is 11.4 Å². The average molecular weight is 292 g/mol. The molecule has 22 heavy (non-hydrogen) atoms. The summed E-state index contributed by atoms with van der Waals surface area (Å²) in [6, 6.07) is 7.80. The maximum Gasteiger partial charge on any atom is 0.137 e. The van der Waals surface area contributed by atoms with Crippen LogP contribution in [0.5, 0.6) is 5.75 Å². The Morgan fingerprint density at radius 3 is 3.00 bits per heavy atom. The number of methoxy groups -OCH3 is 1. The van der Waals surface area contributed by atoms with E-state index in [0.29, 0.717) is 5.75 Å². The molecule has 0 aliphatic carbocycles. The Hall–Kier alpha value is -3.22. The van der Waals surface area contributed by atoms with Crippen molar-refractivity contribution in [2.75, 3.05) is 7.11 Å². The number of benzene rings is 1. The minimum absolute atomic E-state index is 0.687. The van der Waals surface area contributed by atoms with E-state index >= 15 is 0 Å². The lowest BCUT2D eigenvalue weighted by atomic mass is 10.2. The lowest BCUT2D eigenvalue weighted by Gasteiger charge is -2.00. The van der Waals surface area contributed by atoms with Crippen molar-refractivity contribution in [3.8, 4) is 22.7 Å². The molecule has 7 heteroatoms. The van der Waals surface area contributed by atoms with E-state index in [-0.39, 0.29) is 0 Å². The van der Waals surface area contributed by atoms with Gasteiger partial charge in [0.2, 0.25) is 0 Å². The second-order valence-electron chi connectivity index (χ2n) is 4.80. The molecule has 7 nitrogen and oxygen atoms in total. The fourth-order valence-electron chi connectivity index (χ4n) is 2.27. The summed E-state index contributed by atoms with van der Waals surface area (Å²) < 4.78 is 6.90. The third-order valence-electron chi connectivity index (χ3n) is 3.43. The Morgan fingerprint density at radius 2 is 2.09 bits per heavy atom. The number of ether oxygens (including phenoxy) is 1. The number of aromatic amines is 1. The quantitative estimate of drug-likeness (QED) is 0.626. The first-order chi connectivity index (χ1) is 10.8. The molecule has 0 fully saturated rings. The highest BCUT2D eigenvalue weighted by Crippen LogP contribution is 2.22. The maximum atomic E-state index is 5.18. The van der Waals surface area contributed by atoms with Gasteiger partial charge in [-0.25, -0.2) is 4.68 Å². The molecule has 108 valence electrons. The standard InChI is InChI=1S/C15H12N6O/c1-22-13-5-11(6-16-8-13)15-9-21(20-19-15)12-2-3-14-10(4-12)7-17-18-14/h2-9H,1H3,(H,17,18). The molecule has 1 aromatic carbocycles. The molecule has 0 bridgehead atoms. The molecule has 1 N–H and O–H groups in total. The third kappa shape index (κ3) is 2.08. The van der Waals surface area contributed by atoms with Crippen LogP contribution in [0.3, 0.4) is 0 Å². The second-order valence-corrected chi connectivity index (χ2v) is 4.80. The van der Waals surface area contributed by atoms with Crippen LogP contribution in [0.25, 0.3) is 27.8 Å². The molecule has 3 aromatic heterocycles. The van der Waals surface area contributed by atoms with Crippen molar-refractivity contribution >= 4 is 10.9 Å². The zero-order valence-corrected chi connectivity index (χ0v) is 11.8. The normalized spacial score (nSPS) is 11.0. The second kappa shape index (κ2) is 4.96. The van der Waals surface area contributed by atoms with Gasteiger partial charge in [-0.05, 0) is 24.3 Å².